The third kappa shape index (κ3) is 4.67. The largest absolute Gasteiger partial charge is 0.447 e. The number of rotatable bonds is 4. The molecular weight excluding hydrogens is 406 g/mol. The number of halogens is 2. The van der Waals surface area contributed by atoms with Crippen LogP contribution in [0.2, 0.25) is 0 Å². The number of carbonyl (C=O) groups is 2. The Kier molecular flexibility index (Phi) is 6.20. The second kappa shape index (κ2) is 8.46. The Morgan fingerprint density at radius 3 is 2.48 bits per heavy atom. The number of fused-ring (bicyclic) bond motifs is 1. The summed E-state index contributed by atoms with van der Waals surface area (Å²) in [6, 6.07) is -0.0985. The highest BCUT2D eigenvalue weighted by atomic mass is 19.3. The Labute approximate surface area is 183 Å². The summed E-state index contributed by atoms with van der Waals surface area (Å²) in [5, 5.41) is 1.96. The summed E-state index contributed by atoms with van der Waals surface area (Å²) >= 11 is 0. The van der Waals surface area contributed by atoms with Crippen LogP contribution in [0.25, 0.3) is 0 Å². The molecule has 0 bridgehead atoms. The summed E-state index contributed by atoms with van der Waals surface area (Å²) in [6.07, 6.45) is 2.14. The number of hydrogen-bond donors (Lipinski definition) is 1. The molecule has 0 spiro atoms. The molecule has 6 atom stereocenters. The van der Waals surface area contributed by atoms with Crippen molar-refractivity contribution in [1.29, 1.82) is 0 Å². The van der Waals surface area contributed by atoms with Crippen LogP contribution >= 0.6 is 0 Å². The monoisotopic (exact) mass is 442 g/mol. The van der Waals surface area contributed by atoms with Gasteiger partial charge in [0.05, 0.1) is 18.2 Å². The van der Waals surface area contributed by atoms with Crippen LogP contribution in [-0.4, -0.2) is 83.1 Å². The smallest absolute Gasteiger partial charge is 0.410 e. The van der Waals surface area contributed by atoms with Gasteiger partial charge in [-0.2, -0.15) is 0 Å². The van der Waals surface area contributed by atoms with E-state index < -0.39 is 11.8 Å². The van der Waals surface area contributed by atoms with Crippen molar-refractivity contribution in [2.24, 2.45) is 17.8 Å². The van der Waals surface area contributed by atoms with E-state index in [9.17, 15) is 18.4 Å². The minimum Gasteiger partial charge on any atom is -0.447 e. The minimum atomic E-state index is -2.50. The maximum Gasteiger partial charge on any atom is 0.410 e. The van der Waals surface area contributed by atoms with Gasteiger partial charge in [-0.15, -0.1) is 0 Å². The Bertz CT molecular complexity index is 706. The lowest BCUT2D eigenvalue weighted by Crippen LogP contribution is -2.67. The number of hydrazine groups is 1. The molecule has 0 aromatic rings. The molecule has 7 nitrogen and oxygen atoms in total. The quantitative estimate of drug-likeness (QED) is 0.725. The van der Waals surface area contributed by atoms with Crippen molar-refractivity contribution >= 4 is 12.0 Å². The molecule has 0 radical (unpaired) electrons. The standard InChI is InChI=1S/C22H36F2N4O3/c1-13(2)31-21(30)27-10-14(3)28(15(4)29)19-6-5-16(7-20(19)27)17-9-25-26(11-17)12-18-8-22(18,23)24/h13-14,16-20,25H,5-12H2,1-4H3/t14-,16?,17?,18?,19?,20?/m0/s1. The molecule has 2 saturated carbocycles. The Morgan fingerprint density at radius 2 is 1.87 bits per heavy atom. The van der Waals surface area contributed by atoms with Crippen molar-refractivity contribution < 1.29 is 23.1 Å². The first-order chi connectivity index (χ1) is 14.6. The fourth-order valence-corrected chi connectivity index (χ4v) is 5.96. The molecule has 0 aromatic carbocycles. The fraction of sp³-hybridized carbons (Fsp3) is 0.909. The van der Waals surface area contributed by atoms with E-state index in [2.05, 4.69) is 5.43 Å². The predicted octanol–water partition coefficient (Wildman–Crippen LogP) is 2.71. The number of carbonyl (C=O) groups excluding carboxylic acids is 2. The van der Waals surface area contributed by atoms with Crippen LogP contribution in [0.3, 0.4) is 0 Å². The first kappa shape index (κ1) is 22.7. The number of hydrogen-bond acceptors (Lipinski definition) is 5. The molecular formula is C22H36F2N4O3. The first-order valence-corrected chi connectivity index (χ1v) is 11.7. The van der Waals surface area contributed by atoms with Crippen LogP contribution in [0.1, 0.15) is 53.4 Å². The van der Waals surface area contributed by atoms with Crippen molar-refractivity contribution in [3.05, 3.63) is 0 Å². The van der Waals surface area contributed by atoms with E-state index in [0.29, 0.717) is 24.9 Å². The zero-order chi connectivity index (χ0) is 22.5. The number of ether oxygens (including phenoxy) is 1. The predicted molar refractivity (Wildman–Crippen MR) is 111 cm³/mol. The summed E-state index contributed by atoms with van der Waals surface area (Å²) in [5.74, 6) is -2.22. The average Bonchev–Trinajstić information content (AvgIpc) is 3.06. The number of amides is 2. The van der Waals surface area contributed by atoms with Crippen LogP contribution in [0.5, 0.6) is 0 Å². The van der Waals surface area contributed by atoms with E-state index in [-0.39, 0.29) is 42.7 Å². The van der Waals surface area contributed by atoms with Gasteiger partial charge in [-0.3, -0.25) is 10.2 Å². The molecule has 4 rings (SSSR count). The lowest BCUT2D eigenvalue weighted by Gasteiger charge is -2.54. The van der Waals surface area contributed by atoms with Crippen LogP contribution in [-0.2, 0) is 9.53 Å². The second-order valence-corrected chi connectivity index (χ2v) is 10.3. The molecule has 1 N–H and O–H groups in total. The minimum absolute atomic E-state index is 0.00494. The molecule has 9 heteroatoms. The van der Waals surface area contributed by atoms with Gasteiger partial charge in [0.25, 0.3) is 5.92 Å². The highest BCUT2D eigenvalue weighted by molar-refractivity contribution is 5.75. The van der Waals surface area contributed by atoms with Crippen molar-refractivity contribution in [1.82, 2.24) is 20.2 Å². The topological polar surface area (TPSA) is 65.1 Å². The van der Waals surface area contributed by atoms with Crippen molar-refractivity contribution in [2.45, 2.75) is 83.5 Å². The van der Waals surface area contributed by atoms with Gasteiger partial charge in [-0.05, 0) is 51.9 Å². The number of piperazine rings is 1. The molecule has 31 heavy (non-hydrogen) atoms. The Balaban J connectivity index is 1.43. The van der Waals surface area contributed by atoms with E-state index in [0.717, 1.165) is 32.4 Å². The van der Waals surface area contributed by atoms with Crippen LogP contribution in [0.15, 0.2) is 0 Å². The normalized spacial score (nSPS) is 37.6. The van der Waals surface area contributed by atoms with Crippen molar-refractivity contribution in [2.75, 3.05) is 26.2 Å². The van der Waals surface area contributed by atoms with Gasteiger partial charge in [0.2, 0.25) is 5.91 Å². The molecule has 5 unspecified atom stereocenters. The van der Waals surface area contributed by atoms with Gasteiger partial charge in [0.1, 0.15) is 0 Å². The second-order valence-electron chi connectivity index (χ2n) is 10.3. The highest BCUT2D eigenvalue weighted by Gasteiger charge is 2.57. The van der Waals surface area contributed by atoms with Crippen LogP contribution < -0.4 is 5.43 Å². The van der Waals surface area contributed by atoms with E-state index in [4.69, 9.17) is 4.74 Å². The molecule has 4 fully saturated rings. The Hall–Kier alpha value is -1.48. The lowest BCUT2D eigenvalue weighted by atomic mass is 9.73. The van der Waals surface area contributed by atoms with Gasteiger partial charge in [-0.25, -0.2) is 18.6 Å². The van der Waals surface area contributed by atoms with Crippen LogP contribution in [0.4, 0.5) is 13.6 Å². The number of nitrogens with zero attached hydrogens (tertiary/aromatic N) is 3. The molecule has 176 valence electrons. The molecule has 2 amide bonds. The summed E-state index contributed by atoms with van der Waals surface area (Å²) in [6.45, 7) is 9.70. The van der Waals surface area contributed by atoms with Crippen LogP contribution in [0, 0.1) is 17.8 Å². The molecule has 2 aliphatic carbocycles. The third-order valence-corrected chi connectivity index (χ3v) is 7.54. The SMILES string of the molecule is CC(=O)N1C2CCC(C3CNN(CC4CC4(F)F)C3)CC2N(C(=O)OC(C)C)C[C@@H]1C. The van der Waals surface area contributed by atoms with Gasteiger partial charge in [-0.1, -0.05) is 0 Å². The van der Waals surface area contributed by atoms with Gasteiger partial charge < -0.3 is 14.5 Å². The van der Waals surface area contributed by atoms with E-state index in [1.165, 1.54) is 0 Å². The highest BCUT2D eigenvalue weighted by Crippen LogP contribution is 2.49. The summed E-state index contributed by atoms with van der Waals surface area (Å²) < 4.78 is 32.1. The van der Waals surface area contributed by atoms with E-state index >= 15 is 0 Å². The molecule has 2 heterocycles. The van der Waals surface area contributed by atoms with Crippen molar-refractivity contribution in [3.63, 3.8) is 0 Å². The molecule has 2 aliphatic heterocycles. The lowest BCUT2D eigenvalue weighted by molar-refractivity contribution is -0.142. The molecule has 0 aromatic heterocycles. The van der Waals surface area contributed by atoms with Gasteiger partial charge in [0, 0.05) is 51.5 Å². The summed E-state index contributed by atoms with van der Waals surface area (Å²) in [5.41, 5.74) is 3.31. The average molecular weight is 443 g/mol. The number of nitrogens with one attached hydrogen (secondary N) is 1. The molecule has 2 saturated heterocycles. The van der Waals surface area contributed by atoms with E-state index in [1.807, 2.05) is 35.6 Å². The zero-order valence-corrected chi connectivity index (χ0v) is 19.0. The number of alkyl halides is 2. The zero-order valence-electron chi connectivity index (χ0n) is 19.0. The Morgan fingerprint density at radius 1 is 1.16 bits per heavy atom. The summed E-state index contributed by atoms with van der Waals surface area (Å²) in [7, 11) is 0. The maximum absolute atomic E-state index is 13.3. The van der Waals surface area contributed by atoms with E-state index in [1.54, 1.807) is 6.92 Å². The maximum atomic E-state index is 13.3. The fourth-order valence-electron chi connectivity index (χ4n) is 5.96. The molecule has 4 aliphatic rings. The first-order valence-electron chi connectivity index (χ1n) is 11.7. The van der Waals surface area contributed by atoms with Gasteiger partial charge in [0.15, 0.2) is 0 Å². The van der Waals surface area contributed by atoms with Gasteiger partial charge >= 0.3 is 6.09 Å². The summed E-state index contributed by atoms with van der Waals surface area (Å²) in [4.78, 5) is 29.0. The third-order valence-electron chi connectivity index (χ3n) is 7.54. The van der Waals surface area contributed by atoms with Crippen molar-refractivity contribution in [3.8, 4) is 0 Å².